The van der Waals surface area contributed by atoms with Crippen LogP contribution in [0.5, 0.6) is 11.5 Å². The average molecular weight is 266 g/mol. The van der Waals surface area contributed by atoms with Crippen LogP contribution >= 0.6 is 0 Å². The number of benzene rings is 1. The van der Waals surface area contributed by atoms with E-state index >= 15 is 0 Å². The first kappa shape index (κ1) is 15.8. The van der Waals surface area contributed by atoms with E-state index in [2.05, 4.69) is 11.0 Å². The second-order valence-corrected chi connectivity index (χ2v) is 5.01. The molecule has 0 radical (unpaired) electrons. The van der Waals surface area contributed by atoms with E-state index in [-0.39, 0.29) is 6.04 Å². The number of hydrogen-bond acceptors (Lipinski definition) is 4. The summed E-state index contributed by atoms with van der Waals surface area (Å²) in [4.78, 5) is 2.09. The fourth-order valence-electron chi connectivity index (χ4n) is 1.83. The normalized spacial score (nSPS) is 12.5. The SMILES string of the molecule is CCOc1cccc(CC(C)N)c1OCCN(C)C. The molecule has 1 rings (SSSR count). The van der Waals surface area contributed by atoms with Gasteiger partial charge in [-0.2, -0.15) is 0 Å². The molecule has 2 N–H and O–H groups in total. The van der Waals surface area contributed by atoms with Crippen molar-refractivity contribution < 1.29 is 9.47 Å². The van der Waals surface area contributed by atoms with Gasteiger partial charge in [-0.05, 0) is 46.0 Å². The van der Waals surface area contributed by atoms with E-state index in [1.165, 1.54) is 0 Å². The molecule has 0 aromatic heterocycles. The standard InChI is InChI=1S/C15H26N2O2/c1-5-18-14-8-6-7-13(11-12(2)16)15(14)19-10-9-17(3)4/h6-8,12H,5,9-11,16H2,1-4H3. The van der Waals surface area contributed by atoms with Crippen molar-refractivity contribution in [2.75, 3.05) is 33.9 Å². The average Bonchev–Trinajstić information content (AvgIpc) is 2.31. The van der Waals surface area contributed by atoms with Gasteiger partial charge < -0.3 is 20.1 Å². The second-order valence-electron chi connectivity index (χ2n) is 5.01. The van der Waals surface area contributed by atoms with Crippen LogP contribution in [0.4, 0.5) is 0 Å². The maximum Gasteiger partial charge on any atom is 0.164 e. The van der Waals surface area contributed by atoms with E-state index in [0.29, 0.717) is 13.2 Å². The second kappa shape index (κ2) is 8.02. The predicted octanol–water partition coefficient (Wildman–Crippen LogP) is 1.92. The summed E-state index contributed by atoms with van der Waals surface area (Å²) in [5.41, 5.74) is 7.00. The van der Waals surface area contributed by atoms with Crippen LogP contribution in [0.25, 0.3) is 0 Å². The zero-order chi connectivity index (χ0) is 14.3. The van der Waals surface area contributed by atoms with Crippen molar-refractivity contribution in [3.63, 3.8) is 0 Å². The van der Waals surface area contributed by atoms with Crippen molar-refractivity contribution in [1.82, 2.24) is 4.90 Å². The van der Waals surface area contributed by atoms with E-state index in [9.17, 15) is 0 Å². The molecule has 1 aromatic rings. The minimum atomic E-state index is 0.105. The highest BCUT2D eigenvalue weighted by atomic mass is 16.5. The molecule has 0 bridgehead atoms. The van der Waals surface area contributed by atoms with E-state index in [4.69, 9.17) is 15.2 Å². The first-order valence-electron chi connectivity index (χ1n) is 6.82. The maximum absolute atomic E-state index is 5.91. The summed E-state index contributed by atoms with van der Waals surface area (Å²) in [5.74, 6) is 1.64. The van der Waals surface area contributed by atoms with Crippen LogP contribution in [-0.4, -0.2) is 44.8 Å². The molecule has 0 aliphatic rings. The van der Waals surface area contributed by atoms with Gasteiger partial charge in [0.1, 0.15) is 6.61 Å². The van der Waals surface area contributed by atoms with E-state index in [1.807, 2.05) is 40.1 Å². The van der Waals surface area contributed by atoms with Gasteiger partial charge in [0, 0.05) is 12.6 Å². The van der Waals surface area contributed by atoms with Gasteiger partial charge in [-0.3, -0.25) is 0 Å². The Morgan fingerprint density at radius 1 is 1.26 bits per heavy atom. The molecule has 0 heterocycles. The number of ether oxygens (including phenoxy) is 2. The summed E-state index contributed by atoms with van der Waals surface area (Å²) in [7, 11) is 4.06. The van der Waals surface area contributed by atoms with Crippen LogP contribution in [0.3, 0.4) is 0 Å². The minimum absolute atomic E-state index is 0.105. The smallest absolute Gasteiger partial charge is 0.164 e. The lowest BCUT2D eigenvalue weighted by molar-refractivity contribution is 0.241. The van der Waals surface area contributed by atoms with Crippen molar-refractivity contribution in [3.05, 3.63) is 23.8 Å². The fraction of sp³-hybridized carbons (Fsp3) is 0.600. The maximum atomic E-state index is 5.91. The van der Waals surface area contributed by atoms with Gasteiger partial charge in [0.05, 0.1) is 6.61 Å². The Morgan fingerprint density at radius 3 is 2.58 bits per heavy atom. The molecule has 1 aromatic carbocycles. The summed E-state index contributed by atoms with van der Waals surface area (Å²) in [6, 6.07) is 6.09. The summed E-state index contributed by atoms with van der Waals surface area (Å²) in [5, 5.41) is 0. The van der Waals surface area contributed by atoms with Crippen molar-refractivity contribution in [1.29, 1.82) is 0 Å². The van der Waals surface area contributed by atoms with Crippen LogP contribution in [-0.2, 0) is 6.42 Å². The monoisotopic (exact) mass is 266 g/mol. The first-order chi connectivity index (χ1) is 9.04. The molecular formula is C15H26N2O2. The van der Waals surface area contributed by atoms with Gasteiger partial charge in [0.2, 0.25) is 0 Å². The quantitative estimate of drug-likeness (QED) is 0.781. The van der Waals surface area contributed by atoms with Crippen molar-refractivity contribution in [3.8, 4) is 11.5 Å². The Labute approximate surface area is 116 Å². The molecule has 0 saturated carbocycles. The largest absolute Gasteiger partial charge is 0.490 e. The Morgan fingerprint density at radius 2 is 2.00 bits per heavy atom. The third-order valence-electron chi connectivity index (χ3n) is 2.69. The highest BCUT2D eigenvalue weighted by molar-refractivity contribution is 5.47. The zero-order valence-electron chi connectivity index (χ0n) is 12.5. The van der Waals surface area contributed by atoms with Crippen LogP contribution < -0.4 is 15.2 Å². The Hall–Kier alpha value is -1.26. The molecule has 0 aliphatic carbocycles. The van der Waals surface area contributed by atoms with Crippen LogP contribution in [0, 0.1) is 0 Å². The summed E-state index contributed by atoms with van der Waals surface area (Å²) in [6.45, 7) is 6.12. The Kier molecular flexibility index (Phi) is 6.67. The van der Waals surface area contributed by atoms with Crippen molar-refractivity contribution in [2.45, 2.75) is 26.3 Å². The molecule has 1 atom stereocenters. The Bertz CT molecular complexity index is 378. The fourth-order valence-corrected chi connectivity index (χ4v) is 1.83. The molecule has 4 nitrogen and oxygen atoms in total. The van der Waals surface area contributed by atoms with Crippen LogP contribution in [0.1, 0.15) is 19.4 Å². The molecule has 108 valence electrons. The molecule has 0 spiro atoms. The lowest BCUT2D eigenvalue weighted by Gasteiger charge is -2.18. The van der Waals surface area contributed by atoms with Crippen LogP contribution in [0.2, 0.25) is 0 Å². The summed E-state index contributed by atoms with van der Waals surface area (Å²) >= 11 is 0. The molecule has 0 amide bonds. The number of para-hydroxylation sites is 1. The van der Waals surface area contributed by atoms with E-state index in [0.717, 1.165) is 30.0 Å². The lowest BCUT2D eigenvalue weighted by atomic mass is 10.1. The molecule has 1 unspecified atom stereocenters. The third kappa shape index (κ3) is 5.49. The van der Waals surface area contributed by atoms with Crippen molar-refractivity contribution in [2.24, 2.45) is 5.73 Å². The molecule has 19 heavy (non-hydrogen) atoms. The molecule has 0 aliphatic heterocycles. The number of nitrogens with two attached hydrogens (primary N) is 1. The van der Waals surface area contributed by atoms with Gasteiger partial charge in [-0.15, -0.1) is 0 Å². The number of nitrogens with zero attached hydrogens (tertiary/aromatic N) is 1. The summed E-state index contributed by atoms with van der Waals surface area (Å²) in [6.07, 6.45) is 0.790. The van der Waals surface area contributed by atoms with Gasteiger partial charge in [0.15, 0.2) is 11.5 Å². The topological polar surface area (TPSA) is 47.7 Å². The van der Waals surface area contributed by atoms with Crippen molar-refractivity contribution >= 4 is 0 Å². The molecule has 4 heteroatoms. The molecule has 0 fully saturated rings. The van der Waals surface area contributed by atoms with Gasteiger partial charge in [-0.25, -0.2) is 0 Å². The number of hydrogen-bond donors (Lipinski definition) is 1. The van der Waals surface area contributed by atoms with Gasteiger partial charge >= 0.3 is 0 Å². The number of likely N-dealkylation sites (N-methyl/N-ethyl adjacent to an activating group) is 1. The first-order valence-corrected chi connectivity index (χ1v) is 6.82. The molecule has 0 saturated heterocycles. The highest BCUT2D eigenvalue weighted by Gasteiger charge is 2.12. The lowest BCUT2D eigenvalue weighted by Crippen LogP contribution is -2.21. The molecular weight excluding hydrogens is 240 g/mol. The third-order valence-corrected chi connectivity index (χ3v) is 2.69. The summed E-state index contributed by atoms with van der Waals surface area (Å²) < 4.78 is 11.5. The minimum Gasteiger partial charge on any atom is -0.490 e. The van der Waals surface area contributed by atoms with Crippen LogP contribution in [0.15, 0.2) is 18.2 Å². The highest BCUT2D eigenvalue weighted by Crippen LogP contribution is 2.32. The predicted molar refractivity (Wildman–Crippen MR) is 79.0 cm³/mol. The number of rotatable bonds is 8. The zero-order valence-corrected chi connectivity index (χ0v) is 12.5. The van der Waals surface area contributed by atoms with E-state index < -0.39 is 0 Å². The Balaban J connectivity index is 2.86. The van der Waals surface area contributed by atoms with Gasteiger partial charge in [0.25, 0.3) is 0 Å². The van der Waals surface area contributed by atoms with E-state index in [1.54, 1.807) is 0 Å². The van der Waals surface area contributed by atoms with Gasteiger partial charge in [-0.1, -0.05) is 12.1 Å².